The molecule has 0 unspecified atom stereocenters. The maximum atomic E-state index is 12.1. The summed E-state index contributed by atoms with van der Waals surface area (Å²) in [6.45, 7) is 8.54. The lowest BCUT2D eigenvalue weighted by atomic mass is 9.84. The third-order valence-electron chi connectivity index (χ3n) is 2.94. The van der Waals surface area contributed by atoms with Crippen LogP contribution in [0.4, 0.5) is 0 Å². The van der Waals surface area contributed by atoms with Crippen LogP contribution in [0, 0.1) is 6.92 Å². The molecule has 0 fully saturated rings. The smallest absolute Gasteiger partial charge is 0.163 e. The van der Waals surface area contributed by atoms with Crippen LogP contribution in [0.2, 0.25) is 0 Å². The number of aryl methyl sites for hydroxylation is 1. The van der Waals surface area contributed by atoms with Gasteiger partial charge in [0.15, 0.2) is 5.78 Å². The average Bonchev–Trinajstić information content (AvgIpc) is 2.24. The lowest BCUT2D eigenvalue weighted by Crippen LogP contribution is -2.13. The summed E-state index contributed by atoms with van der Waals surface area (Å²) < 4.78 is 0. The summed E-state index contributed by atoms with van der Waals surface area (Å²) in [5.74, 6) is 1.17. The van der Waals surface area contributed by atoms with Gasteiger partial charge in [-0.3, -0.25) is 4.79 Å². The highest BCUT2D eigenvalue weighted by molar-refractivity contribution is 7.98. The lowest BCUT2D eigenvalue weighted by Gasteiger charge is -2.20. The Balaban J connectivity index is 3.02. The van der Waals surface area contributed by atoms with Crippen LogP contribution in [-0.4, -0.2) is 17.8 Å². The zero-order valence-corrected chi connectivity index (χ0v) is 12.3. The minimum Gasteiger partial charge on any atom is -0.294 e. The second kappa shape index (κ2) is 5.72. The standard InChI is InChI=1S/C15H22OS/c1-11-6-7-12(15(2,3)4)10-13(11)14(16)8-9-17-5/h6-7,10H,8-9H2,1-5H3. The van der Waals surface area contributed by atoms with Crippen LogP contribution >= 0.6 is 11.8 Å². The molecular formula is C15H22OS. The van der Waals surface area contributed by atoms with Gasteiger partial charge in [0.2, 0.25) is 0 Å². The molecule has 2 heteroatoms. The van der Waals surface area contributed by atoms with Crippen molar-refractivity contribution in [2.45, 2.75) is 39.5 Å². The molecule has 0 atom stereocenters. The molecule has 0 heterocycles. The second-order valence-corrected chi connectivity index (χ2v) is 6.43. The number of hydrogen-bond donors (Lipinski definition) is 0. The predicted molar refractivity (Wildman–Crippen MR) is 77.2 cm³/mol. The number of benzene rings is 1. The fraction of sp³-hybridized carbons (Fsp3) is 0.533. The zero-order chi connectivity index (χ0) is 13.1. The summed E-state index contributed by atoms with van der Waals surface area (Å²) in [7, 11) is 0. The van der Waals surface area contributed by atoms with E-state index in [4.69, 9.17) is 0 Å². The van der Waals surface area contributed by atoms with Gasteiger partial charge >= 0.3 is 0 Å². The Morgan fingerprint density at radius 1 is 1.29 bits per heavy atom. The van der Waals surface area contributed by atoms with Crippen LogP contribution < -0.4 is 0 Å². The van der Waals surface area contributed by atoms with Crippen molar-refractivity contribution in [3.63, 3.8) is 0 Å². The van der Waals surface area contributed by atoms with E-state index in [1.54, 1.807) is 11.8 Å². The molecule has 0 N–H and O–H groups in total. The van der Waals surface area contributed by atoms with Gasteiger partial charge in [-0.25, -0.2) is 0 Å². The van der Waals surface area contributed by atoms with E-state index in [0.717, 1.165) is 16.9 Å². The van der Waals surface area contributed by atoms with Crippen molar-refractivity contribution in [2.75, 3.05) is 12.0 Å². The van der Waals surface area contributed by atoms with Crippen molar-refractivity contribution >= 4 is 17.5 Å². The van der Waals surface area contributed by atoms with E-state index in [0.29, 0.717) is 6.42 Å². The van der Waals surface area contributed by atoms with Crippen molar-refractivity contribution in [3.05, 3.63) is 34.9 Å². The molecule has 0 amide bonds. The van der Waals surface area contributed by atoms with Gasteiger partial charge in [-0.15, -0.1) is 0 Å². The molecule has 0 spiro atoms. The molecule has 17 heavy (non-hydrogen) atoms. The number of hydrogen-bond acceptors (Lipinski definition) is 2. The molecule has 1 aromatic rings. The number of thioether (sulfide) groups is 1. The van der Waals surface area contributed by atoms with Crippen LogP contribution in [0.3, 0.4) is 0 Å². The number of ketones is 1. The average molecular weight is 250 g/mol. The quantitative estimate of drug-likeness (QED) is 0.744. The predicted octanol–water partition coefficient (Wildman–Crippen LogP) is 4.23. The van der Waals surface area contributed by atoms with E-state index < -0.39 is 0 Å². The maximum absolute atomic E-state index is 12.1. The van der Waals surface area contributed by atoms with E-state index in [1.807, 2.05) is 13.2 Å². The maximum Gasteiger partial charge on any atom is 0.163 e. The Morgan fingerprint density at radius 3 is 2.47 bits per heavy atom. The Morgan fingerprint density at radius 2 is 1.94 bits per heavy atom. The Kier molecular flexibility index (Phi) is 4.81. The number of Topliss-reactive ketones (excluding diaryl/α,β-unsaturated/α-hetero) is 1. The summed E-state index contributed by atoms with van der Waals surface area (Å²) in [4.78, 5) is 12.1. The minimum atomic E-state index is 0.0994. The third-order valence-corrected chi connectivity index (χ3v) is 3.55. The molecule has 1 rings (SSSR count). The molecule has 0 bridgehead atoms. The molecule has 0 radical (unpaired) electrons. The van der Waals surface area contributed by atoms with Gasteiger partial charge in [-0.2, -0.15) is 11.8 Å². The highest BCUT2D eigenvalue weighted by Gasteiger charge is 2.17. The van der Waals surface area contributed by atoms with Crippen LogP contribution in [-0.2, 0) is 5.41 Å². The molecule has 0 aromatic heterocycles. The molecule has 0 saturated carbocycles. The first-order valence-electron chi connectivity index (χ1n) is 5.99. The fourth-order valence-electron chi connectivity index (χ4n) is 1.72. The summed E-state index contributed by atoms with van der Waals surface area (Å²) in [6.07, 6.45) is 2.67. The normalized spacial score (nSPS) is 11.6. The molecule has 1 nitrogen and oxygen atoms in total. The second-order valence-electron chi connectivity index (χ2n) is 5.45. The lowest BCUT2D eigenvalue weighted by molar-refractivity contribution is 0.0989. The van der Waals surface area contributed by atoms with Crippen molar-refractivity contribution in [3.8, 4) is 0 Å². The van der Waals surface area contributed by atoms with E-state index in [9.17, 15) is 4.79 Å². The van der Waals surface area contributed by atoms with E-state index in [2.05, 4.69) is 39.0 Å². The fourth-order valence-corrected chi connectivity index (χ4v) is 2.11. The molecular weight excluding hydrogens is 228 g/mol. The van der Waals surface area contributed by atoms with Gasteiger partial charge in [-0.05, 0) is 35.8 Å². The number of rotatable bonds is 4. The Labute approximate surface area is 109 Å². The summed E-state index contributed by atoms with van der Waals surface area (Å²) in [5, 5.41) is 0. The topological polar surface area (TPSA) is 17.1 Å². The zero-order valence-electron chi connectivity index (χ0n) is 11.5. The van der Waals surface area contributed by atoms with Gasteiger partial charge in [0.1, 0.15) is 0 Å². The van der Waals surface area contributed by atoms with Crippen molar-refractivity contribution in [1.29, 1.82) is 0 Å². The van der Waals surface area contributed by atoms with E-state index in [-0.39, 0.29) is 11.2 Å². The van der Waals surface area contributed by atoms with Gasteiger partial charge in [-0.1, -0.05) is 32.9 Å². The number of carbonyl (C=O) groups excluding carboxylic acids is 1. The summed E-state index contributed by atoms with van der Waals surface area (Å²) in [6, 6.07) is 6.26. The minimum absolute atomic E-state index is 0.0994. The first kappa shape index (κ1) is 14.3. The Bertz CT molecular complexity index is 402. The largest absolute Gasteiger partial charge is 0.294 e. The molecule has 0 aliphatic carbocycles. The summed E-state index contributed by atoms with van der Waals surface area (Å²) >= 11 is 1.72. The molecule has 0 aliphatic rings. The third kappa shape index (κ3) is 3.88. The first-order chi connectivity index (χ1) is 7.86. The van der Waals surface area contributed by atoms with Gasteiger partial charge in [0.25, 0.3) is 0 Å². The van der Waals surface area contributed by atoms with E-state index in [1.165, 1.54) is 5.56 Å². The molecule has 94 valence electrons. The highest BCUT2D eigenvalue weighted by atomic mass is 32.2. The van der Waals surface area contributed by atoms with Crippen molar-refractivity contribution < 1.29 is 4.79 Å². The van der Waals surface area contributed by atoms with Gasteiger partial charge in [0, 0.05) is 17.7 Å². The summed E-state index contributed by atoms with van der Waals surface area (Å²) in [5.41, 5.74) is 3.31. The van der Waals surface area contributed by atoms with Crippen LogP contribution in [0.1, 0.15) is 48.7 Å². The molecule has 1 aromatic carbocycles. The van der Waals surface area contributed by atoms with Gasteiger partial charge < -0.3 is 0 Å². The monoisotopic (exact) mass is 250 g/mol. The van der Waals surface area contributed by atoms with E-state index >= 15 is 0 Å². The van der Waals surface area contributed by atoms with Crippen LogP contribution in [0.5, 0.6) is 0 Å². The van der Waals surface area contributed by atoms with Crippen molar-refractivity contribution in [2.24, 2.45) is 0 Å². The highest BCUT2D eigenvalue weighted by Crippen LogP contribution is 2.25. The molecule has 0 saturated heterocycles. The van der Waals surface area contributed by atoms with Crippen molar-refractivity contribution in [1.82, 2.24) is 0 Å². The Hall–Kier alpha value is -0.760. The number of carbonyl (C=O) groups is 1. The van der Waals surface area contributed by atoms with Gasteiger partial charge in [0.05, 0.1) is 0 Å². The first-order valence-corrected chi connectivity index (χ1v) is 7.39. The van der Waals surface area contributed by atoms with Crippen LogP contribution in [0.25, 0.3) is 0 Å². The molecule has 0 aliphatic heterocycles. The van der Waals surface area contributed by atoms with Crippen LogP contribution in [0.15, 0.2) is 18.2 Å². The SMILES string of the molecule is CSCCC(=O)c1cc(C(C)(C)C)ccc1C.